The minimum absolute atomic E-state index is 0.128. The zero-order chi connectivity index (χ0) is 31.1. The van der Waals surface area contributed by atoms with Crippen LogP contribution < -0.4 is 26.2 Å². The molecule has 1 aliphatic rings. The molecule has 2 heterocycles. The van der Waals surface area contributed by atoms with Crippen LogP contribution in [0.3, 0.4) is 0 Å². The van der Waals surface area contributed by atoms with E-state index >= 15 is 0 Å². The number of benzene rings is 2. The highest BCUT2D eigenvalue weighted by molar-refractivity contribution is 7.80. The molecule has 228 valence electrons. The second-order valence-electron chi connectivity index (χ2n) is 9.31. The molecular weight excluding hydrogens is 584 g/mol. The van der Waals surface area contributed by atoms with Crippen LogP contribution in [0.4, 0.5) is 5.95 Å². The van der Waals surface area contributed by atoms with Crippen molar-refractivity contribution in [3.05, 3.63) is 54.1 Å². The highest BCUT2D eigenvalue weighted by Crippen LogP contribution is 2.22. The van der Waals surface area contributed by atoms with E-state index in [-0.39, 0.29) is 24.2 Å². The number of para-hydroxylation sites is 2. The minimum atomic E-state index is -1.25. The summed E-state index contributed by atoms with van der Waals surface area (Å²) in [6.45, 7) is 1.79. The van der Waals surface area contributed by atoms with E-state index in [1.54, 1.807) is 48.5 Å². The van der Waals surface area contributed by atoms with E-state index in [0.717, 1.165) is 13.8 Å². The first-order valence-electron chi connectivity index (χ1n) is 13.0. The van der Waals surface area contributed by atoms with Gasteiger partial charge < -0.3 is 33.9 Å². The maximum absolute atomic E-state index is 12.9. The molecule has 0 unspecified atom stereocenters. The predicted molar refractivity (Wildman–Crippen MR) is 155 cm³/mol. The molecule has 4 atom stereocenters. The number of thiocarbonyl (C=S) groups is 1. The highest BCUT2D eigenvalue weighted by atomic mass is 32.1. The number of hydrazine groups is 1. The molecule has 5 N–H and O–H groups in total. The average Bonchev–Trinajstić information content (AvgIpc) is 3.31. The Labute approximate surface area is 250 Å². The number of hydrogen-bond donors (Lipinski definition) is 5. The van der Waals surface area contributed by atoms with Crippen LogP contribution in [0.15, 0.2) is 48.5 Å². The summed E-state index contributed by atoms with van der Waals surface area (Å²) < 4.78 is 22.5. The topological polar surface area (TPSA) is 191 Å². The van der Waals surface area contributed by atoms with Gasteiger partial charge >= 0.3 is 11.9 Å². The van der Waals surface area contributed by atoms with Crippen LogP contribution in [0.25, 0.3) is 11.0 Å². The largest absolute Gasteiger partial charge is 0.497 e. The van der Waals surface area contributed by atoms with Gasteiger partial charge in [0.15, 0.2) is 23.5 Å². The normalized spacial score (nSPS) is 19.5. The Morgan fingerprint density at radius 3 is 2.37 bits per heavy atom. The van der Waals surface area contributed by atoms with Gasteiger partial charge in [0.2, 0.25) is 5.95 Å². The molecule has 43 heavy (non-hydrogen) atoms. The number of aliphatic hydroxyl groups excluding tert-OH is 1. The molecule has 0 saturated carbocycles. The van der Waals surface area contributed by atoms with Crippen LogP contribution in [0, 0.1) is 0 Å². The molecule has 4 rings (SSSR count). The second kappa shape index (κ2) is 13.9. The third-order valence-electron chi connectivity index (χ3n) is 6.17. The molecule has 0 bridgehead atoms. The third-order valence-corrected chi connectivity index (χ3v) is 6.39. The summed E-state index contributed by atoms with van der Waals surface area (Å²) in [5.74, 6) is -1.65. The number of nitrogens with zero attached hydrogens (tertiary/aromatic N) is 2. The highest BCUT2D eigenvalue weighted by Gasteiger charge is 2.45. The first-order valence-corrected chi connectivity index (χ1v) is 13.4. The van der Waals surface area contributed by atoms with Gasteiger partial charge in [-0.3, -0.25) is 35.3 Å². The van der Waals surface area contributed by atoms with Gasteiger partial charge in [-0.05, 0) is 48.6 Å². The number of carbonyl (C=O) groups is 4. The minimum Gasteiger partial charge on any atom is -0.497 e. The molecule has 0 aliphatic carbocycles. The number of anilines is 1. The van der Waals surface area contributed by atoms with Crippen LogP contribution >= 0.6 is 12.2 Å². The van der Waals surface area contributed by atoms with Crippen molar-refractivity contribution in [2.75, 3.05) is 19.0 Å². The Morgan fingerprint density at radius 2 is 1.70 bits per heavy atom. The van der Waals surface area contributed by atoms with E-state index in [2.05, 4.69) is 26.5 Å². The lowest BCUT2D eigenvalue weighted by molar-refractivity contribution is -0.220. The molecule has 15 nitrogen and oxygen atoms in total. The van der Waals surface area contributed by atoms with Crippen LogP contribution in [0.5, 0.6) is 5.75 Å². The van der Waals surface area contributed by atoms with Gasteiger partial charge in [-0.1, -0.05) is 12.1 Å². The molecule has 0 spiro atoms. The first-order chi connectivity index (χ1) is 20.5. The lowest BCUT2D eigenvalue weighted by Crippen LogP contribution is -2.63. The Kier molecular flexibility index (Phi) is 10.1. The fourth-order valence-corrected chi connectivity index (χ4v) is 4.45. The van der Waals surface area contributed by atoms with Crippen LogP contribution in [-0.4, -0.2) is 81.8 Å². The zero-order valence-electron chi connectivity index (χ0n) is 23.4. The number of ether oxygens (including phenoxy) is 4. The lowest BCUT2D eigenvalue weighted by atomic mass is 10.0. The smallest absolute Gasteiger partial charge is 0.303 e. The van der Waals surface area contributed by atoms with Crippen molar-refractivity contribution in [2.45, 2.75) is 44.9 Å². The number of amides is 2. The molecule has 0 radical (unpaired) electrons. The third kappa shape index (κ3) is 7.94. The number of nitrogens with one attached hydrogen (secondary N) is 4. The summed E-state index contributed by atoms with van der Waals surface area (Å²) in [6.07, 6.45) is -4.83. The van der Waals surface area contributed by atoms with Gasteiger partial charge in [0.1, 0.15) is 18.4 Å². The van der Waals surface area contributed by atoms with Gasteiger partial charge in [0.25, 0.3) is 11.8 Å². The van der Waals surface area contributed by atoms with E-state index in [1.807, 2.05) is 0 Å². The van der Waals surface area contributed by atoms with Crippen molar-refractivity contribution in [1.82, 2.24) is 25.7 Å². The standard InChI is InChI=1S/C27H30N6O9S/c1-14(34)41-22-20(36)13-40-25(23(22)42-15(2)35)30-27(43)32-31-21(37)12-33-19-7-5-4-6-18(19)28-26(33)29-24(38)16-8-10-17(39-3)11-9-16/h4-11,20,22-23,25,36H,12-13H2,1-3H3,(H,31,37)(H,28,29,38)(H2,30,32,43)/t20-,22-,23+,25+/m0/s1. The SMILES string of the molecule is COc1ccc(C(=O)Nc2nc3ccccc3n2CC(=O)NNC(=S)N[C@@H]2OC[C@H](O)[C@H](OC(C)=O)[C@H]2OC(C)=O)cc1. The molecule has 2 aromatic carbocycles. The summed E-state index contributed by atoms with van der Waals surface area (Å²) >= 11 is 5.24. The fraction of sp³-hybridized carbons (Fsp3) is 0.333. The summed E-state index contributed by atoms with van der Waals surface area (Å²) in [5, 5.41) is 15.6. The van der Waals surface area contributed by atoms with Gasteiger partial charge in [0.05, 0.1) is 24.8 Å². The Balaban J connectivity index is 1.41. The summed E-state index contributed by atoms with van der Waals surface area (Å²) in [6, 6.07) is 13.6. The van der Waals surface area contributed by atoms with E-state index < -0.39 is 48.3 Å². The number of carbonyl (C=O) groups excluding carboxylic acids is 4. The fourth-order valence-electron chi connectivity index (χ4n) is 4.29. The number of aromatic nitrogens is 2. The summed E-state index contributed by atoms with van der Waals surface area (Å²) in [7, 11) is 1.52. The first kappa shape index (κ1) is 31.1. The predicted octanol–water partition coefficient (Wildman–Crippen LogP) is 0.373. The van der Waals surface area contributed by atoms with E-state index in [9.17, 15) is 24.3 Å². The number of rotatable bonds is 8. The van der Waals surface area contributed by atoms with Crippen molar-refractivity contribution >= 4 is 58.1 Å². The average molecular weight is 615 g/mol. The second-order valence-corrected chi connectivity index (χ2v) is 9.72. The molecule has 2 amide bonds. The zero-order valence-corrected chi connectivity index (χ0v) is 24.2. The number of esters is 2. The van der Waals surface area contributed by atoms with Crippen LogP contribution in [0.1, 0.15) is 24.2 Å². The van der Waals surface area contributed by atoms with Crippen LogP contribution in [-0.2, 0) is 35.1 Å². The van der Waals surface area contributed by atoms with Crippen molar-refractivity contribution < 1.29 is 43.2 Å². The number of fused-ring (bicyclic) bond motifs is 1. The van der Waals surface area contributed by atoms with Crippen molar-refractivity contribution in [3.63, 3.8) is 0 Å². The van der Waals surface area contributed by atoms with Gasteiger partial charge in [-0.25, -0.2) is 4.98 Å². The molecular formula is C27H30N6O9S. The molecule has 1 aromatic heterocycles. The molecule has 3 aromatic rings. The molecule has 1 fully saturated rings. The summed E-state index contributed by atoms with van der Waals surface area (Å²) in [5.41, 5.74) is 6.48. The van der Waals surface area contributed by atoms with Crippen molar-refractivity contribution in [3.8, 4) is 5.75 Å². The lowest BCUT2D eigenvalue weighted by Gasteiger charge is -2.39. The maximum Gasteiger partial charge on any atom is 0.303 e. The number of methoxy groups -OCH3 is 1. The molecule has 1 aliphatic heterocycles. The Morgan fingerprint density at radius 1 is 1.02 bits per heavy atom. The van der Waals surface area contributed by atoms with Crippen LogP contribution in [0.2, 0.25) is 0 Å². The van der Waals surface area contributed by atoms with E-state index in [4.69, 9.17) is 31.2 Å². The van der Waals surface area contributed by atoms with E-state index in [0.29, 0.717) is 22.3 Å². The maximum atomic E-state index is 12.9. The van der Waals surface area contributed by atoms with Gasteiger partial charge in [0, 0.05) is 19.4 Å². The number of hydrogen-bond acceptors (Lipinski definition) is 11. The Hall–Kier alpha value is -4.80. The molecule has 16 heteroatoms. The van der Waals surface area contributed by atoms with Gasteiger partial charge in [-0.2, -0.15) is 0 Å². The van der Waals surface area contributed by atoms with E-state index in [1.165, 1.54) is 11.7 Å². The summed E-state index contributed by atoms with van der Waals surface area (Å²) in [4.78, 5) is 53.5. The quantitative estimate of drug-likeness (QED) is 0.133. The van der Waals surface area contributed by atoms with Crippen molar-refractivity contribution in [2.24, 2.45) is 0 Å². The van der Waals surface area contributed by atoms with Crippen molar-refractivity contribution in [1.29, 1.82) is 0 Å². The number of aliphatic hydroxyl groups is 1. The molecule has 1 saturated heterocycles. The Bertz CT molecular complexity index is 1510. The van der Waals surface area contributed by atoms with Gasteiger partial charge in [-0.15, -0.1) is 0 Å². The monoisotopic (exact) mass is 614 g/mol. The number of imidazole rings is 1.